The van der Waals surface area contributed by atoms with Gasteiger partial charge in [0, 0.05) is 25.8 Å². The molecule has 1 aromatic rings. The summed E-state index contributed by atoms with van der Waals surface area (Å²) in [7, 11) is 1.57. The number of methoxy groups -OCH3 is 1. The van der Waals surface area contributed by atoms with Gasteiger partial charge in [0.1, 0.15) is 24.0 Å². The number of carbonyl (C=O) groups excluding carboxylic acids is 3. The first-order chi connectivity index (χ1) is 13.7. The van der Waals surface area contributed by atoms with E-state index >= 15 is 0 Å². The fourth-order valence-corrected chi connectivity index (χ4v) is 5.43. The van der Waals surface area contributed by atoms with E-state index in [1.165, 1.54) is 4.90 Å². The van der Waals surface area contributed by atoms with E-state index < -0.39 is 29.5 Å². The first-order valence-corrected chi connectivity index (χ1v) is 10.1. The molecule has 3 aliphatic heterocycles. The first kappa shape index (κ1) is 20.0. The summed E-state index contributed by atoms with van der Waals surface area (Å²) < 4.78 is 5.05. The molecule has 0 saturated carbocycles. The Kier molecular flexibility index (Phi) is 4.76. The highest BCUT2D eigenvalue weighted by molar-refractivity contribution is 6.14. The van der Waals surface area contributed by atoms with Gasteiger partial charge < -0.3 is 20.5 Å². The number of nitrogens with zero attached hydrogens (tertiary/aromatic N) is 1. The Morgan fingerprint density at radius 3 is 2.66 bits per heavy atom. The number of hydrogen-bond acceptors (Lipinski definition) is 5. The molecular weight excluding hydrogens is 374 g/mol. The monoisotopic (exact) mass is 402 g/mol. The highest BCUT2D eigenvalue weighted by Gasteiger charge is 2.74. The molecule has 2 saturated heterocycles. The van der Waals surface area contributed by atoms with Crippen molar-refractivity contribution in [2.75, 3.05) is 25.6 Å². The van der Waals surface area contributed by atoms with Gasteiger partial charge in [0.25, 0.3) is 5.91 Å². The maximum Gasteiger partial charge on any atom is 0.291 e. The average Bonchev–Trinajstić information content (AvgIpc) is 3.24. The number of benzene rings is 1. The number of fused-ring (bicyclic) bond motifs is 4. The molecule has 29 heavy (non-hydrogen) atoms. The van der Waals surface area contributed by atoms with Crippen molar-refractivity contribution in [1.29, 1.82) is 0 Å². The van der Waals surface area contributed by atoms with Crippen LogP contribution in [0.3, 0.4) is 0 Å². The maximum atomic E-state index is 13.4. The van der Waals surface area contributed by atoms with E-state index in [2.05, 4.69) is 5.32 Å². The molecule has 0 radical (unpaired) electrons. The number of rotatable bonds is 5. The van der Waals surface area contributed by atoms with Crippen LogP contribution in [0.1, 0.15) is 30.0 Å². The third kappa shape index (κ3) is 2.66. The van der Waals surface area contributed by atoms with E-state index in [0.29, 0.717) is 18.7 Å². The normalized spacial score (nSPS) is 31.4. The third-order valence-electron chi connectivity index (χ3n) is 6.63. The molecular formula is C21H28N3O5+. The molecule has 5 atom stereocenters. The predicted octanol–water partition coefficient (Wildman–Crippen LogP) is -0.585. The van der Waals surface area contributed by atoms with E-state index in [-0.39, 0.29) is 24.3 Å². The molecule has 1 aromatic carbocycles. The van der Waals surface area contributed by atoms with Crippen molar-refractivity contribution in [3.05, 3.63) is 28.8 Å². The molecule has 1 spiro atoms. The van der Waals surface area contributed by atoms with Crippen LogP contribution in [0.2, 0.25) is 0 Å². The van der Waals surface area contributed by atoms with Crippen LogP contribution in [-0.2, 0) is 24.7 Å². The Morgan fingerprint density at radius 1 is 1.28 bits per heavy atom. The van der Waals surface area contributed by atoms with Crippen LogP contribution < -0.4 is 10.6 Å². The highest BCUT2D eigenvalue weighted by atomic mass is 16.5. The topological polar surface area (TPSA) is 113 Å². The third-order valence-corrected chi connectivity index (χ3v) is 6.63. The lowest BCUT2D eigenvalue weighted by atomic mass is 9.75. The molecule has 2 fully saturated rings. The number of anilines is 1. The minimum absolute atomic E-state index is 0.252. The number of aliphatic hydroxyl groups is 1. The Morgan fingerprint density at radius 2 is 2.00 bits per heavy atom. The number of carbonyl (C=O) groups is 3. The van der Waals surface area contributed by atoms with Crippen molar-refractivity contribution in [3.63, 3.8) is 0 Å². The Bertz CT molecular complexity index is 899. The molecule has 3 amide bonds. The molecule has 156 valence electrons. The first-order valence-electron chi connectivity index (χ1n) is 10.1. The summed E-state index contributed by atoms with van der Waals surface area (Å²) in [5.74, 6) is -2.50. The van der Waals surface area contributed by atoms with Gasteiger partial charge in [-0.15, -0.1) is 0 Å². The van der Waals surface area contributed by atoms with E-state index in [0.717, 1.165) is 16.7 Å². The Labute approximate surface area is 169 Å². The fraction of sp³-hybridized carbons (Fsp3) is 0.571. The number of nitrogens with two attached hydrogens (primary N) is 1. The van der Waals surface area contributed by atoms with Crippen molar-refractivity contribution < 1.29 is 29.5 Å². The number of likely N-dealkylation sites (tertiary alicyclic amines) is 1. The van der Waals surface area contributed by atoms with E-state index in [1.54, 1.807) is 19.4 Å². The number of ether oxygens (including phenoxy) is 1. The van der Waals surface area contributed by atoms with Gasteiger partial charge >= 0.3 is 0 Å². The zero-order chi connectivity index (χ0) is 21.1. The van der Waals surface area contributed by atoms with Crippen molar-refractivity contribution in [2.24, 2.45) is 11.8 Å². The van der Waals surface area contributed by atoms with Crippen LogP contribution in [0.15, 0.2) is 12.1 Å². The van der Waals surface area contributed by atoms with E-state index in [4.69, 9.17) is 4.74 Å². The lowest BCUT2D eigenvalue weighted by molar-refractivity contribution is -0.738. The van der Waals surface area contributed by atoms with Gasteiger partial charge in [0.2, 0.25) is 17.4 Å². The van der Waals surface area contributed by atoms with Gasteiger partial charge in [0.15, 0.2) is 0 Å². The summed E-state index contributed by atoms with van der Waals surface area (Å²) in [6.07, 6.45) is -0.315. The summed E-state index contributed by atoms with van der Waals surface area (Å²) in [5, 5.41) is 15.1. The number of aliphatic hydroxyl groups excluding tert-OH is 1. The smallest absolute Gasteiger partial charge is 0.291 e. The summed E-state index contributed by atoms with van der Waals surface area (Å²) in [4.78, 5) is 41.2. The maximum absolute atomic E-state index is 13.4. The molecule has 8 nitrogen and oxygen atoms in total. The zero-order valence-electron chi connectivity index (χ0n) is 17.2. The summed E-state index contributed by atoms with van der Waals surface area (Å²) in [5.41, 5.74) is 2.11. The van der Waals surface area contributed by atoms with Crippen LogP contribution in [-0.4, -0.2) is 60.1 Å². The molecule has 0 bridgehead atoms. The van der Waals surface area contributed by atoms with E-state index in [1.807, 2.05) is 26.0 Å². The van der Waals surface area contributed by atoms with Gasteiger partial charge in [-0.3, -0.25) is 19.3 Å². The van der Waals surface area contributed by atoms with Gasteiger partial charge in [0.05, 0.1) is 5.69 Å². The molecule has 0 unspecified atom stereocenters. The minimum Gasteiger partial charge on any atom is -0.387 e. The van der Waals surface area contributed by atoms with Crippen molar-refractivity contribution in [2.45, 2.75) is 44.9 Å². The number of imide groups is 1. The number of nitrogens with one attached hydrogen (secondary N) is 1. The quantitative estimate of drug-likeness (QED) is 0.450. The molecule has 0 aromatic heterocycles. The lowest BCUT2D eigenvalue weighted by Gasteiger charge is -2.27. The molecule has 8 heteroatoms. The van der Waals surface area contributed by atoms with Crippen LogP contribution in [0, 0.1) is 25.7 Å². The molecule has 4 rings (SSSR count). The SMILES string of the molecule is COCCCN1C(=O)[C@@H]2[C@@H]([C@@H](C)O)[NH2+][C@@]3(C(=O)Nc4c(C)cc(C)cc43)[C@@H]2C1=O. The number of amides is 3. The van der Waals surface area contributed by atoms with Gasteiger partial charge in [-0.25, -0.2) is 0 Å². The number of hydrogen-bond donors (Lipinski definition) is 3. The summed E-state index contributed by atoms with van der Waals surface area (Å²) in [6, 6.07) is 3.33. The minimum atomic E-state index is -1.23. The Balaban J connectivity index is 1.84. The van der Waals surface area contributed by atoms with Gasteiger partial charge in [-0.2, -0.15) is 0 Å². The fourth-order valence-electron chi connectivity index (χ4n) is 5.43. The Hall–Kier alpha value is -2.29. The molecule has 3 heterocycles. The highest BCUT2D eigenvalue weighted by Crippen LogP contribution is 2.50. The molecule has 4 N–H and O–H groups in total. The van der Waals surface area contributed by atoms with Crippen molar-refractivity contribution in [1.82, 2.24) is 4.90 Å². The predicted molar refractivity (Wildman–Crippen MR) is 104 cm³/mol. The van der Waals surface area contributed by atoms with Crippen LogP contribution in [0.5, 0.6) is 0 Å². The molecule has 0 aliphatic carbocycles. The second-order valence-corrected chi connectivity index (χ2v) is 8.49. The second kappa shape index (κ2) is 6.90. The van der Waals surface area contributed by atoms with Crippen LogP contribution in [0.25, 0.3) is 0 Å². The zero-order valence-corrected chi connectivity index (χ0v) is 17.2. The standard InChI is InChI=1S/C21H27N3O5/c1-10-8-11(2)16-13(9-10)21(20(28)22-16)15-14(17(23-21)12(3)25)18(26)24(19(15)27)6-5-7-29-4/h8-9,12,14-15,17,23,25H,5-7H2,1-4H3,(H,22,28)/p+1/t12-,14+,15+,17-,21-/m1/s1. The largest absolute Gasteiger partial charge is 0.387 e. The van der Waals surface area contributed by atoms with Gasteiger partial charge in [-0.1, -0.05) is 11.6 Å². The average molecular weight is 402 g/mol. The number of aryl methyl sites for hydroxylation is 2. The van der Waals surface area contributed by atoms with Crippen LogP contribution in [0.4, 0.5) is 5.69 Å². The summed E-state index contributed by atoms with van der Waals surface area (Å²) >= 11 is 0. The van der Waals surface area contributed by atoms with Crippen molar-refractivity contribution in [3.8, 4) is 0 Å². The second-order valence-electron chi connectivity index (χ2n) is 8.49. The van der Waals surface area contributed by atoms with E-state index in [9.17, 15) is 19.5 Å². The molecule has 3 aliphatic rings. The summed E-state index contributed by atoms with van der Waals surface area (Å²) in [6.45, 7) is 6.16. The van der Waals surface area contributed by atoms with Crippen LogP contribution >= 0.6 is 0 Å². The lowest BCUT2D eigenvalue weighted by Crippen LogP contribution is -3.00. The van der Waals surface area contributed by atoms with Gasteiger partial charge in [-0.05, 0) is 38.8 Å². The number of quaternary nitrogens is 1. The van der Waals surface area contributed by atoms with Crippen molar-refractivity contribution >= 4 is 23.4 Å².